The molecule has 0 saturated heterocycles. The highest BCUT2D eigenvalue weighted by molar-refractivity contribution is 8.03. The van der Waals surface area contributed by atoms with E-state index in [1.165, 1.54) is 0 Å². The van der Waals surface area contributed by atoms with Crippen LogP contribution in [0.1, 0.15) is 0 Å². The molecule has 0 saturated carbocycles. The van der Waals surface area contributed by atoms with Crippen LogP contribution in [0.25, 0.3) is 0 Å². The SMILES string of the molecule is O=C(O)S(=O)(=O)N(F)F. The molecule has 5 nitrogen and oxygen atoms in total. The van der Waals surface area contributed by atoms with Gasteiger partial charge in [0.1, 0.15) is 4.75 Å². The zero-order valence-electron chi connectivity index (χ0n) is 3.78. The lowest BCUT2D eigenvalue weighted by atomic mass is 11.6. The quantitative estimate of drug-likeness (QED) is 0.552. The smallest absolute Gasteiger partial charge is 0.442 e. The van der Waals surface area contributed by atoms with Crippen LogP contribution >= 0.6 is 0 Å². The first-order valence-corrected chi connectivity index (χ1v) is 2.93. The van der Waals surface area contributed by atoms with Gasteiger partial charge in [-0.25, -0.2) is 4.79 Å². The Morgan fingerprint density at radius 2 is 1.78 bits per heavy atom. The van der Waals surface area contributed by atoms with Crippen molar-refractivity contribution in [2.75, 3.05) is 0 Å². The van der Waals surface area contributed by atoms with E-state index in [-0.39, 0.29) is 0 Å². The molecule has 9 heavy (non-hydrogen) atoms. The van der Waals surface area contributed by atoms with Crippen LogP contribution in [0, 0.1) is 0 Å². The average Bonchev–Trinajstić information content (AvgIpc) is 1.65. The van der Waals surface area contributed by atoms with E-state index in [0.717, 1.165) is 0 Å². The zero-order valence-corrected chi connectivity index (χ0v) is 4.60. The lowest BCUT2D eigenvalue weighted by Crippen LogP contribution is -2.22. The number of halogens is 2. The molecule has 54 valence electrons. The van der Waals surface area contributed by atoms with Crippen LogP contribution in [-0.4, -0.2) is 23.6 Å². The Morgan fingerprint density at radius 1 is 1.44 bits per heavy atom. The molecule has 0 radical (unpaired) electrons. The number of carbonyl (C=O) groups is 1. The van der Waals surface area contributed by atoms with Gasteiger partial charge in [0.2, 0.25) is 0 Å². The molecule has 8 heteroatoms. The predicted octanol–water partition coefficient (Wildman–Crippen LogP) is 0.0652. The lowest BCUT2D eigenvalue weighted by molar-refractivity contribution is -0.0528. The summed E-state index contributed by atoms with van der Waals surface area (Å²) in [5.41, 5.74) is 0. The molecule has 0 atom stereocenters. The summed E-state index contributed by atoms with van der Waals surface area (Å²) < 4.78 is 38.7. The number of hydrogen-bond donors (Lipinski definition) is 1. The fourth-order valence-electron chi connectivity index (χ4n) is 0.0590. The van der Waals surface area contributed by atoms with Crippen LogP contribution in [0.15, 0.2) is 0 Å². The molecular formula is CHF2NO4S. The predicted molar refractivity (Wildman–Crippen MR) is 21.0 cm³/mol. The third-order valence-electron chi connectivity index (χ3n) is 0.402. The van der Waals surface area contributed by atoms with Gasteiger partial charge in [-0.2, -0.15) is 8.42 Å². The van der Waals surface area contributed by atoms with E-state index in [9.17, 15) is 22.2 Å². The van der Waals surface area contributed by atoms with Gasteiger partial charge >= 0.3 is 15.3 Å². The normalized spacial score (nSPS) is 11.9. The van der Waals surface area contributed by atoms with E-state index < -0.39 is 20.1 Å². The Balaban J connectivity index is 4.63. The summed E-state index contributed by atoms with van der Waals surface area (Å²) in [6.07, 6.45) is 0. The highest BCUT2D eigenvalue weighted by atomic mass is 32.2. The topological polar surface area (TPSA) is 74.7 Å². The number of sulfonamides is 1. The standard InChI is InChI=1S/CHF2NO4S/c2-4(3)9(7,8)1(5)6/h(H,5,6). The van der Waals surface area contributed by atoms with Crippen molar-refractivity contribution in [1.29, 1.82) is 0 Å². The fourth-order valence-corrected chi connectivity index (χ4v) is 0.177. The summed E-state index contributed by atoms with van der Waals surface area (Å²) in [6.45, 7) is 0. The highest BCUT2D eigenvalue weighted by Crippen LogP contribution is 2.02. The summed E-state index contributed by atoms with van der Waals surface area (Å²) in [7, 11) is -5.40. The Morgan fingerprint density at radius 3 is 1.78 bits per heavy atom. The number of nitrogens with zero attached hydrogens (tertiary/aromatic N) is 1. The second-order valence-electron chi connectivity index (χ2n) is 0.943. The molecule has 1 N–H and O–H groups in total. The molecule has 0 fully saturated rings. The molecule has 0 amide bonds. The van der Waals surface area contributed by atoms with Crippen molar-refractivity contribution in [2.45, 2.75) is 0 Å². The van der Waals surface area contributed by atoms with Gasteiger partial charge in [-0.1, -0.05) is 8.96 Å². The van der Waals surface area contributed by atoms with Crippen LogP contribution in [0.2, 0.25) is 0 Å². The van der Waals surface area contributed by atoms with Gasteiger partial charge in [-0.3, -0.25) is 0 Å². The third kappa shape index (κ3) is 1.57. The van der Waals surface area contributed by atoms with Crippen molar-refractivity contribution < 1.29 is 27.3 Å². The molecule has 0 aliphatic heterocycles. The van der Waals surface area contributed by atoms with Crippen molar-refractivity contribution in [3.8, 4) is 0 Å². The molecule has 0 aliphatic carbocycles. The summed E-state index contributed by atoms with van der Waals surface area (Å²) in [6, 6.07) is 0. The fraction of sp³-hybridized carbons (Fsp3) is 0. The molecule has 0 aromatic carbocycles. The van der Waals surface area contributed by atoms with Crippen molar-refractivity contribution in [3.63, 3.8) is 0 Å². The molecule has 0 spiro atoms. The zero-order chi connectivity index (χ0) is 7.65. The van der Waals surface area contributed by atoms with E-state index in [0.29, 0.717) is 0 Å². The summed E-state index contributed by atoms with van der Waals surface area (Å²) in [5, 5.41) is 4.93. The molecule has 0 aromatic heterocycles. The van der Waals surface area contributed by atoms with Gasteiger partial charge in [0, 0.05) is 0 Å². The summed E-state index contributed by atoms with van der Waals surface area (Å²) >= 11 is 0. The minimum atomic E-state index is -5.40. The van der Waals surface area contributed by atoms with E-state index >= 15 is 0 Å². The Bertz CT molecular complexity index is 207. The van der Waals surface area contributed by atoms with Gasteiger partial charge in [0.05, 0.1) is 0 Å². The van der Waals surface area contributed by atoms with Gasteiger partial charge in [0.15, 0.2) is 0 Å². The third-order valence-corrected chi connectivity index (χ3v) is 1.21. The highest BCUT2D eigenvalue weighted by Gasteiger charge is 2.30. The number of rotatable bonds is 1. The van der Waals surface area contributed by atoms with E-state index in [1.54, 1.807) is 0 Å². The maximum atomic E-state index is 10.9. The van der Waals surface area contributed by atoms with Gasteiger partial charge in [-0.15, -0.1) is 0 Å². The minimum absolute atomic E-state index is 2.37. The van der Waals surface area contributed by atoms with Gasteiger partial charge < -0.3 is 5.11 Å². The van der Waals surface area contributed by atoms with Crippen LogP contribution in [0.3, 0.4) is 0 Å². The van der Waals surface area contributed by atoms with Crippen LogP contribution < -0.4 is 0 Å². The van der Waals surface area contributed by atoms with Crippen LogP contribution in [0.4, 0.5) is 13.8 Å². The minimum Gasteiger partial charge on any atom is -0.469 e. The summed E-state index contributed by atoms with van der Waals surface area (Å²) in [5.74, 6) is 0. The molecule has 0 unspecified atom stereocenters. The van der Waals surface area contributed by atoms with Gasteiger partial charge in [-0.05, 0) is 0 Å². The monoisotopic (exact) mass is 161 g/mol. The average molecular weight is 161 g/mol. The van der Waals surface area contributed by atoms with Crippen molar-refractivity contribution in [3.05, 3.63) is 0 Å². The first-order chi connectivity index (χ1) is 3.89. The number of hydrogen-bond acceptors (Lipinski definition) is 3. The van der Waals surface area contributed by atoms with E-state index in [1.807, 2.05) is 0 Å². The molecular weight excluding hydrogens is 160 g/mol. The van der Waals surface area contributed by atoms with Crippen LogP contribution in [0.5, 0.6) is 0 Å². The molecule has 0 heterocycles. The molecule has 0 bridgehead atoms. The van der Waals surface area contributed by atoms with Crippen LogP contribution in [-0.2, 0) is 10.0 Å². The second-order valence-corrected chi connectivity index (χ2v) is 2.52. The molecule has 0 aromatic rings. The maximum absolute atomic E-state index is 10.9. The Hall–Kier alpha value is -0.760. The van der Waals surface area contributed by atoms with Crippen molar-refractivity contribution >= 4 is 15.3 Å². The first-order valence-electron chi connectivity index (χ1n) is 1.49. The first kappa shape index (κ1) is 8.24. The summed E-state index contributed by atoms with van der Waals surface area (Å²) in [4.78, 5) is 9.35. The Labute approximate surface area is 48.4 Å². The molecule has 0 rings (SSSR count). The second kappa shape index (κ2) is 2.23. The van der Waals surface area contributed by atoms with E-state index in [4.69, 9.17) is 5.11 Å². The largest absolute Gasteiger partial charge is 0.469 e. The van der Waals surface area contributed by atoms with Crippen molar-refractivity contribution in [2.24, 2.45) is 0 Å². The van der Waals surface area contributed by atoms with Crippen molar-refractivity contribution in [1.82, 2.24) is 4.75 Å². The maximum Gasteiger partial charge on any atom is 0.442 e. The Kier molecular flexibility index (Phi) is 2.04. The lowest BCUT2D eigenvalue weighted by Gasteiger charge is -1.93. The number of carboxylic acid groups (broad SMARTS) is 1. The van der Waals surface area contributed by atoms with Gasteiger partial charge in [0.25, 0.3) is 0 Å². The van der Waals surface area contributed by atoms with E-state index in [2.05, 4.69) is 0 Å². The molecule has 0 aliphatic rings.